The molecule has 3 amide bonds. The first kappa shape index (κ1) is 40.6. The Labute approximate surface area is 329 Å². The maximum Gasteiger partial charge on any atom is 0.340 e. The third kappa shape index (κ3) is 7.83. The molecule has 0 fully saturated rings. The molecule has 4 aromatic rings. The number of phenolic OH excluding ortho intramolecular Hbond substituents is 2. The molecule has 5 N–H and O–H groups in total. The molecule has 0 aliphatic carbocycles. The normalized spacial score (nSPS) is 14.7. The van der Waals surface area contributed by atoms with E-state index in [0.717, 1.165) is 25.3 Å². The van der Waals surface area contributed by atoms with Gasteiger partial charge in [0.25, 0.3) is 5.91 Å². The number of nitrogens with one attached hydrogen (secondary N) is 3. The summed E-state index contributed by atoms with van der Waals surface area (Å²) in [5.41, 5.74) is -0.422. The van der Waals surface area contributed by atoms with Gasteiger partial charge in [-0.2, -0.15) is 0 Å². The number of para-hydroxylation sites is 1. The summed E-state index contributed by atoms with van der Waals surface area (Å²) in [5.74, 6) is -8.47. The summed E-state index contributed by atoms with van der Waals surface area (Å²) in [6.45, 7) is 3.64. The lowest BCUT2D eigenvalue weighted by atomic mass is 9.77. The molecule has 58 heavy (non-hydrogen) atoms. The molecule has 17 heteroatoms. The number of hydrogen-bond donors (Lipinski definition) is 5. The van der Waals surface area contributed by atoms with Gasteiger partial charge in [-0.1, -0.05) is 26.0 Å². The van der Waals surface area contributed by atoms with Crippen molar-refractivity contribution in [3.05, 3.63) is 112 Å². The molecule has 1 spiro atoms. The van der Waals surface area contributed by atoms with Crippen LogP contribution in [0.4, 0.5) is 8.78 Å². The van der Waals surface area contributed by atoms with Gasteiger partial charge in [0.05, 0.1) is 19.1 Å². The van der Waals surface area contributed by atoms with Gasteiger partial charge in [0, 0.05) is 34.4 Å². The van der Waals surface area contributed by atoms with Crippen molar-refractivity contribution in [2.24, 2.45) is 5.92 Å². The predicted octanol–water partition coefficient (Wildman–Crippen LogP) is 3.90. The van der Waals surface area contributed by atoms with Gasteiger partial charge in [-0.15, -0.1) is 0 Å². The molecular formula is C41H37F2N3O12. The van der Waals surface area contributed by atoms with Crippen molar-refractivity contribution < 1.29 is 66.7 Å². The monoisotopic (exact) mass is 801 g/mol. The zero-order chi connectivity index (χ0) is 42.1. The summed E-state index contributed by atoms with van der Waals surface area (Å²) in [7, 11) is 1.05. The van der Waals surface area contributed by atoms with E-state index in [2.05, 4.69) is 20.7 Å². The molecule has 3 unspecified atom stereocenters. The van der Waals surface area contributed by atoms with E-state index in [1.54, 1.807) is 26.0 Å². The molecule has 2 heterocycles. The van der Waals surface area contributed by atoms with Crippen molar-refractivity contribution >= 4 is 35.4 Å². The first-order valence-electron chi connectivity index (χ1n) is 17.8. The smallest absolute Gasteiger partial charge is 0.340 e. The van der Waals surface area contributed by atoms with E-state index >= 15 is 0 Å². The topological polar surface area (TPSA) is 216 Å². The summed E-state index contributed by atoms with van der Waals surface area (Å²) in [6.07, 6.45) is -0.662. The Morgan fingerprint density at radius 2 is 1.40 bits per heavy atom. The van der Waals surface area contributed by atoms with Gasteiger partial charge < -0.3 is 45.1 Å². The van der Waals surface area contributed by atoms with Gasteiger partial charge >= 0.3 is 11.9 Å². The van der Waals surface area contributed by atoms with E-state index in [9.17, 15) is 47.8 Å². The van der Waals surface area contributed by atoms with Gasteiger partial charge in [-0.25, -0.2) is 13.6 Å². The third-order valence-electron chi connectivity index (χ3n) is 9.60. The number of methoxy groups -OCH3 is 1. The number of aromatic hydroxyl groups is 2. The lowest BCUT2D eigenvalue weighted by molar-refractivity contribution is -0.143. The number of carbonyl (C=O) groups excluding carboxylic acids is 6. The van der Waals surface area contributed by atoms with Crippen LogP contribution in [0.15, 0.2) is 72.8 Å². The quantitative estimate of drug-likeness (QED) is 0.122. The molecular weight excluding hydrogens is 764 g/mol. The number of fused-ring (bicyclic) bond motifs is 6. The van der Waals surface area contributed by atoms with Gasteiger partial charge in [0.1, 0.15) is 47.7 Å². The molecule has 302 valence electrons. The van der Waals surface area contributed by atoms with Crippen molar-refractivity contribution in [3.63, 3.8) is 0 Å². The number of halogens is 2. The second-order valence-electron chi connectivity index (χ2n) is 13.9. The number of ketones is 1. The van der Waals surface area contributed by atoms with Crippen molar-refractivity contribution in [1.29, 1.82) is 0 Å². The molecule has 0 radical (unpaired) electrons. The van der Waals surface area contributed by atoms with Gasteiger partial charge in [0.2, 0.25) is 11.8 Å². The maximum absolute atomic E-state index is 14.0. The van der Waals surface area contributed by atoms with Crippen LogP contribution in [0.3, 0.4) is 0 Å². The third-order valence-corrected chi connectivity index (χ3v) is 9.60. The van der Waals surface area contributed by atoms with Gasteiger partial charge in [-0.05, 0) is 61.4 Å². The van der Waals surface area contributed by atoms with Crippen LogP contribution in [-0.2, 0) is 34.3 Å². The number of benzene rings is 4. The van der Waals surface area contributed by atoms with Crippen LogP contribution >= 0.6 is 0 Å². The Morgan fingerprint density at radius 3 is 1.98 bits per heavy atom. The van der Waals surface area contributed by atoms with Crippen LogP contribution in [0.25, 0.3) is 0 Å². The average molecular weight is 802 g/mol. The zero-order valence-electron chi connectivity index (χ0n) is 31.4. The second kappa shape index (κ2) is 16.2. The number of rotatable bonds is 13. The molecule has 2 aliphatic rings. The summed E-state index contributed by atoms with van der Waals surface area (Å²) >= 11 is 0. The standard InChI is InChI=1S/C41H37F2N3O12/c1-19(2)35(39(53)44-20(3)37(51)45-30(17-34(50)55-4)31(49)18-56-36-28(42)6-5-7-29(36)43)46-38(52)21-8-11-25-24(14-21)40(54)58-41(25)26-12-9-22(47)15-32(26)57-33-16-23(48)10-13-27(33)41/h5-16,19-20,30,35,47-48H,17-18H2,1-4H3,(H,44,53)(H,45,51)(H,46,52). The van der Waals surface area contributed by atoms with Crippen LogP contribution < -0.4 is 25.4 Å². The number of Topliss-reactive ketones (excluding diaryl/α,β-unsaturated/α-hetero) is 1. The first-order chi connectivity index (χ1) is 27.5. The number of ether oxygens (including phenoxy) is 4. The van der Waals surface area contributed by atoms with Crippen LogP contribution in [0.2, 0.25) is 0 Å². The summed E-state index contributed by atoms with van der Waals surface area (Å²) in [5, 5.41) is 27.8. The number of hydrogen-bond acceptors (Lipinski definition) is 12. The Balaban J connectivity index is 1.16. The number of carbonyl (C=O) groups is 6. The average Bonchev–Trinajstić information content (AvgIpc) is 3.46. The predicted molar refractivity (Wildman–Crippen MR) is 197 cm³/mol. The van der Waals surface area contributed by atoms with Crippen LogP contribution in [0.1, 0.15) is 64.6 Å². The van der Waals surface area contributed by atoms with Gasteiger partial charge in [-0.3, -0.25) is 24.0 Å². The van der Waals surface area contributed by atoms with E-state index in [-0.39, 0.29) is 34.1 Å². The van der Waals surface area contributed by atoms with Crippen molar-refractivity contribution in [3.8, 4) is 28.7 Å². The van der Waals surface area contributed by atoms with E-state index < -0.39 is 95.5 Å². The van der Waals surface area contributed by atoms with E-state index in [1.165, 1.54) is 49.4 Å². The Kier molecular flexibility index (Phi) is 11.4. The highest BCUT2D eigenvalue weighted by Crippen LogP contribution is 2.57. The fourth-order valence-corrected chi connectivity index (χ4v) is 6.63. The minimum absolute atomic E-state index is 0.0115. The Bertz CT molecular complexity index is 2280. The highest BCUT2D eigenvalue weighted by atomic mass is 19.1. The van der Waals surface area contributed by atoms with E-state index in [1.807, 2.05) is 0 Å². The number of esters is 2. The molecule has 0 bridgehead atoms. The number of amides is 3. The highest BCUT2D eigenvalue weighted by Gasteiger charge is 2.54. The Morgan fingerprint density at radius 1 is 0.793 bits per heavy atom. The lowest BCUT2D eigenvalue weighted by Crippen LogP contribution is -2.56. The molecule has 4 aromatic carbocycles. The lowest BCUT2D eigenvalue weighted by Gasteiger charge is -2.36. The van der Waals surface area contributed by atoms with Crippen LogP contribution in [0.5, 0.6) is 28.7 Å². The minimum Gasteiger partial charge on any atom is -0.508 e. The van der Waals surface area contributed by atoms with Crippen molar-refractivity contribution in [2.75, 3.05) is 13.7 Å². The van der Waals surface area contributed by atoms with E-state index in [0.29, 0.717) is 16.7 Å². The molecule has 15 nitrogen and oxygen atoms in total. The SMILES string of the molecule is COC(=O)CC(NC(=O)C(C)NC(=O)C(NC(=O)c1ccc2c(c1)C(=O)OC21c2ccc(O)cc2Oc2cc(O)ccc21)C(C)C)C(=O)COc1c(F)cccc1F. The second-order valence-corrected chi connectivity index (χ2v) is 13.9. The van der Waals surface area contributed by atoms with Gasteiger partial charge in [0.15, 0.2) is 28.8 Å². The molecule has 2 aliphatic heterocycles. The van der Waals surface area contributed by atoms with Crippen LogP contribution in [0, 0.1) is 17.6 Å². The zero-order valence-corrected chi connectivity index (χ0v) is 31.4. The highest BCUT2D eigenvalue weighted by molar-refractivity contribution is 6.03. The molecule has 0 saturated carbocycles. The van der Waals surface area contributed by atoms with E-state index in [4.69, 9.17) is 14.2 Å². The minimum atomic E-state index is -1.57. The first-order valence-corrected chi connectivity index (χ1v) is 17.8. The largest absolute Gasteiger partial charge is 0.508 e. The summed E-state index contributed by atoms with van der Waals surface area (Å²) in [6, 6.07) is 11.6. The fourth-order valence-electron chi connectivity index (χ4n) is 6.63. The molecule has 0 saturated heterocycles. The molecule has 6 rings (SSSR count). The molecule has 3 atom stereocenters. The Hall–Kier alpha value is -7.04. The van der Waals surface area contributed by atoms with Crippen LogP contribution in [-0.4, -0.2) is 77.5 Å². The van der Waals surface area contributed by atoms with Crippen molar-refractivity contribution in [1.82, 2.24) is 16.0 Å². The molecule has 0 aromatic heterocycles. The summed E-state index contributed by atoms with van der Waals surface area (Å²) < 4.78 is 49.7. The summed E-state index contributed by atoms with van der Waals surface area (Å²) in [4.78, 5) is 78.9. The number of phenols is 2. The van der Waals surface area contributed by atoms with Crippen molar-refractivity contribution in [2.45, 2.75) is 50.9 Å². The fraction of sp³-hybridized carbons (Fsp3) is 0.268. The maximum atomic E-state index is 14.0.